The van der Waals surface area contributed by atoms with Crippen molar-refractivity contribution in [3.63, 3.8) is 0 Å². The van der Waals surface area contributed by atoms with E-state index in [9.17, 15) is 45.1 Å². The van der Waals surface area contributed by atoms with Crippen LogP contribution in [0.25, 0.3) is 21.4 Å². The van der Waals surface area contributed by atoms with E-state index in [1.807, 2.05) is 11.8 Å². The molecule has 2 N–H and O–H groups in total. The number of hydrogen-bond acceptors (Lipinski definition) is 12. The maximum atomic E-state index is 12.8. The van der Waals surface area contributed by atoms with E-state index < -0.39 is 57.6 Å². The van der Waals surface area contributed by atoms with Crippen LogP contribution in [0.5, 0.6) is 0 Å². The van der Waals surface area contributed by atoms with Crippen molar-refractivity contribution in [2.45, 2.75) is 54.6 Å². The van der Waals surface area contributed by atoms with Crippen LogP contribution in [-0.2, 0) is 39.5 Å². The van der Waals surface area contributed by atoms with Gasteiger partial charge in [0.05, 0.1) is 10.4 Å². The van der Waals surface area contributed by atoms with Crippen molar-refractivity contribution < 1.29 is 49.6 Å². The summed E-state index contributed by atoms with van der Waals surface area (Å²) >= 11 is 0.297. The van der Waals surface area contributed by atoms with Crippen LogP contribution in [-0.4, -0.2) is 91.4 Å². The number of carbonyl (C=O) groups is 3. The topological polar surface area (TPSA) is 206 Å². The van der Waals surface area contributed by atoms with E-state index in [4.69, 9.17) is 9.25 Å². The summed E-state index contributed by atoms with van der Waals surface area (Å²) in [4.78, 5) is 53.5. The molecule has 0 saturated carbocycles. The monoisotopic (exact) mass is 666 g/mol. The Morgan fingerprint density at radius 3 is 2.28 bits per heavy atom. The molecule has 0 atom stereocenters. The molecule has 14 nitrogen and oxygen atoms in total. The van der Waals surface area contributed by atoms with Gasteiger partial charge in [-0.05, 0) is 44.0 Å². The molecule has 43 heavy (non-hydrogen) atoms. The summed E-state index contributed by atoms with van der Waals surface area (Å²) < 4.78 is 70.3. The van der Waals surface area contributed by atoms with Crippen LogP contribution in [0.1, 0.15) is 45.4 Å². The molecule has 1 aliphatic rings. The molecule has 18 heteroatoms. The first-order valence-electron chi connectivity index (χ1n) is 12.7. The van der Waals surface area contributed by atoms with E-state index in [2.05, 4.69) is 0 Å². The Kier molecular flexibility index (Phi) is 11.3. The number of unbranched alkanes of at least 4 members (excludes halogenated alkanes) is 2. The normalized spacial score (nSPS) is 13.8. The summed E-state index contributed by atoms with van der Waals surface area (Å²) in [7, 11) is -9.76. The van der Waals surface area contributed by atoms with Gasteiger partial charge in [-0.3, -0.25) is 18.7 Å². The molecule has 3 heterocycles. The zero-order valence-electron chi connectivity index (χ0n) is 22.1. The first kappa shape index (κ1) is 34.8. The third-order valence-electron chi connectivity index (χ3n) is 6.43. The van der Waals surface area contributed by atoms with Crippen molar-refractivity contribution in [2.75, 3.05) is 18.0 Å². The van der Waals surface area contributed by atoms with Gasteiger partial charge in [0.2, 0.25) is 0 Å². The minimum absolute atomic E-state index is 0. The fourth-order valence-electron chi connectivity index (χ4n) is 4.34. The number of rotatable bonds is 12. The van der Waals surface area contributed by atoms with Gasteiger partial charge in [0.15, 0.2) is 0 Å². The van der Waals surface area contributed by atoms with Gasteiger partial charge in [0.25, 0.3) is 21.9 Å². The zero-order chi connectivity index (χ0) is 30.8. The van der Waals surface area contributed by atoms with Gasteiger partial charge >= 0.3 is 51.3 Å². The average Bonchev–Trinajstić information content (AvgIpc) is 3.50. The molecule has 2 amide bonds. The van der Waals surface area contributed by atoms with Crippen molar-refractivity contribution in [3.05, 3.63) is 40.8 Å². The second-order valence-corrected chi connectivity index (χ2v) is 13.4. The van der Waals surface area contributed by atoms with Gasteiger partial charge in [-0.15, -0.1) is 16.4 Å². The Labute approximate surface area is 272 Å². The molecule has 0 bridgehead atoms. The Morgan fingerprint density at radius 2 is 1.67 bits per heavy atom. The molecule has 0 spiro atoms. The molecular formula is C25H27N2NaO12S3. The van der Waals surface area contributed by atoms with Gasteiger partial charge in [-0.25, -0.2) is 9.59 Å². The van der Waals surface area contributed by atoms with Gasteiger partial charge < -0.3 is 14.2 Å². The van der Waals surface area contributed by atoms with Gasteiger partial charge in [0, 0.05) is 49.5 Å². The van der Waals surface area contributed by atoms with E-state index in [-0.39, 0.29) is 60.0 Å². The molecule has 4 rings (SSSR count). The number of hydroxylamine groups is 2. The summed E-state index contributed by atoms with van der Waals surface area (Å²) in [5.74, 6) is -1.72. The fraction of sp³-hybridized carbons (Fsp3) is 0.360. The number of hydrogen-bond donors (Lipinski definition) is 2. The van der Waals surface area contributed by atoms with Crippen LogP contribution in [0, 0.1) is 0 Å². The van der Waals surface area contributed by atoms with Crippen LogP contribution in [0.2, 0.25) is 0 Å². The van der Waals surface area contributed by atoms with E-state index in [1.165, 1.54) is 6.07 Å². The van der Waals surface area contributed by atoms with Crippen LogP contribution in [0.15, 0.2) is 48.6 Å². The van der Waals surface area contributed by atoms with Crippen LogP contribution < -0.4 is 10.5 Å². The molecule has 228 valence electrons. The molecule has 1 saturated heterocycles. The van der Waals surface area contributed by atoms with Crippen LogP contribution >= 0.6 is 11.3 Å². The summed E-state index contributed by atoms with van der Waals surface area (Å²) in [6.45, 7) is 3.11. The quantitative estimate of drug-likeness (QED) is 0.0937. The first-order chi connectivity index (χ1) is 19.7. The number of imide groups is 1. The zero-order valence-corrected chi connectivity index (χ0v) is 24.6. The van der Waals surface area contributed by atoms with Crippen LogP contribution in [0.3, 0.4) is 0 Å². The number of nitrogens with zero attached hydrogens (tertiary/aromatic N) is 2. The third-order valence-corrected chi connectivity index (χ3v) is 9.90. The Balaban J connectivity index is 0.00000506. The van der Waals surface area contributed by atoms with E-state index in [1.54, 1.807) is 18.2 Å². The summed E-state index contributed by atoms with van der Waals surface area (Å²) in [5, 5.41) is 0.910. The van der Waals surface area contributed by atoms with E-state index in [0.717, 1.165) is 5.69 Å². The second-order valence-electron chi connectivity index (χ2n) is 9.31. The molecule has 0 aliphatic carbocycles. The van der Waals surface area contributed by atoms with E-state index in [0.29, 0.717) is 60.2 Å². The minimum atomic E-state index is -4.95. The fourth-order valence-corrected chi connectivity index (χ4v) is 7.27. The number of benzene rings is 1. The summed E-state index contributed by atoms with van der Waals surface area (Å²) in [6.07, 6.45) is 1.93. The molecule has 1 aliphatic heterocycles. The number of carbonyl (C=O) groups excluding carboxylic acids is 3. The van der Waals surface area contributed by atoms with Crippen molar-refractivity contribution in [3.8, 4) is 10.4 Å². The summed E-state index contributed by atoms with van der Waals surface area (Å²) in [5.41, 5.74) is -0.407. The van der Waals surface area contributed by atoms with Crippen molar-refractivity contribution in [1.82, 2.24) is 5.06 Å². The Hall–Kier alpha value is -2.64. The van der Waals surface area contributed by atoms with Crippen LogP contribution in [0.4, 0.5) is 5.69 Å². The predicted octanol–water partition coefficient (Wildman–Crippen LogP) is 2.36. The number of fused-ring (bicyclic) bond motifs is 1. The number of anilines is 1. The van der Waals surface area contributed by atoms with Gasteiger partial charge in [-0.1, -0.05) is 6.42 Å². The molecule has 2 aromatic heterocycles. The molecule has 1 aromatic carbocycles. The van der Waals surface area contributed by atoms with Gasteiger partial charge in [0.1, 0.15) is 14.7 Å². The second kappa shape index (κ2) is 14.0. The van der Waals surface area contributed by atoms with Crippen molar-refractivity contribution in [1.29, 1.82) is 0 Å². The number of amides is 2. The molecule has 1 fully saturated rings. The predicted molar refractivity (Wildman–Crippen MR) is 156 cm³/mol. The van der Waals surface area contributed by atoms with Gasteiger partial charge in [-0.2, -0.15) is 16.8 Å². The Bertz CT molecular complexity index is 1820. The average molecular weight is 667 g/mol. The number of thiophene rings is 1. The summed E-state index contributed by atoms with van der Waals surface area (Å²) in [6, 6.07) is 6.86. The standard InChI is InChI=1S/C25H26N2O12S3.Na.H/c1-2-26(11-5-3-4-6-22(30)39-27-20(28)9-10-21(27)29)16-8-7-15-12-17(25(31)38-18(15)13-16)24-19(41(32,33)34)14-23(40-24)42(35,36)37;;/h7-8,12-14H,2-6,9-11H2,1H3,(H,32,33,34)(H,35,36,37);;. The molecule has 0 radical (unpaired) electrons. The molecule has 0 unspecified atom stereocenters. The van der Waals surface area contributed by atoms with Crippen molar-refractivity contribution in [2.24, 2.45) is 0 Å². The molecular weight excluding hydrogens is 639 g/mol. The third kappa shape index (κ3) is 8.30. The van der Waals surface area contributed by atoms with Crippen molar-refractivity contribution >= 4 is 95.6 Å². The Morgan fingerprint density at radius 1 is 1.00 bits per heavy atom. The van der Waals surface area contributed by atoms with E-state index >= 15 is 0 Å². The maximum absolute atomic E-state index is 12.8. The molecule has 3 aromatic rings. The SMILES string of the molecule is CCN(CCCCCC(=O)ON1C(=O)CCC1=O)c1ccc2cc(-c3sc(S(=O)(=O)O)cc3S(=O)(=O)O)c(=O)oc2c1.[NaH]. The first-order valence-corrected chi connectivity index (χ1v) is 16.4.